The van der Waals surface area contributed by atoms with E-state index in [1.54, 1.807) is 17.5 Å². The Balaban J connectivity index is 2.47. The second-order valence-electron chi connectivity index (χ2n) is 4.91. The van der Waals surface area contributed by atoms with Gasteiger partial charge in [-0.1, -0.05) is 20.8 Å². The van der Waals surface area contributed by atoms with Crippen LogP contribution in [0.5, 0.6) is 0 Å². The van der Waals surface area contributed by atoms with E-state index < -0.39 is 6.04 Å². The van der Waals surface area contributed by atoms with Gasteiger partial charge in [-0.3, -0.25) is 4.79 Å². The fourth-order valence-electron chi connectivity index (χ4n) is 1.16. The molecule has 0 fully saturated rings. The van der Waals surface area contributed by atoms with Gasteiger partial charge in [0, 0.05) is 11.1 Å². The Bertz CT molecular complexity index is 368. The van der Waals surface area contributed by atoms with Crippen molar-refractivity contribution in [3.63, 3.8) is 0 Å². The number of nitrogens with zero attached hydrogens (tertiary/aromatic N) is 1. The maximum Gasteiger partial charge on any atom is 0.237 e. The Kier molecular flexibility index (Phi) is 4.04. The lowest BCUT2D eigenvalue weighted by Gasteiger charge is -2.25. The maximum atomic E-state index is 11.7. The molecule has 0 aromatic carbocycles. The van der Waals surface area contributed by atoms with Crippen LogP contribution >= 0.6 is 11.3 Å². The lowest BCUT2D eigenvalue weighted by atomic mass is 9.87. The van der Waals surface area contributed by atoms with Gasteiger partial charge >= 0.3 is 0 Å². The molecule has 90 valence electrons. The first-order valence-corrected chi connectivity index (χ1v) is 6.07. The van der Waals surface area contributed by atoms with E-state index in [1.165, 1.54) is 0 Å². The predicted octanol–water partition coefficient (Wildman–Crippen LogP) is 1.44. The Morgan fingerprint density at radius 2 is 2.25 bits per heavy atom. The summed E-state index contributed by atoms with van der Waals surface area (Å²) in [6.07, 6.45) is 1.78. The van der Waals surface area contributed by atoms with Crippen LogP contribution in [-0.2, 0) is 11.3 Å². The van der Waals surface area contributed by atoms with Gasteiger partial charge in [0.15, 0.2) is 0 Å². The van der Waals surface area contributed by atoms with Crippen molar-refractivity contribution in [2.75, 3.05) is 0 Å². The Hall–Kier alpha value is -0.940. The molecule has 1 unspecified atom stereocenters. The van der Waals surface area contributed by atoms with Gasteiger partial charge in [-0.15, -0.1) is 11.3 Å². The number of rotatable bonds is 3. The first kappa shape index (κ1) is 13.1. The van der Waals surface area contributed by atoms with Crippen molar-refractivity contribution in [3.8, 4) is 0 Å². The van der Waals surface area contributed by atoms with Crippen molar-refractivity contribution >= 4 is 17.2 Å². The standard InChI is InChI=1S/C11H19N3OS/c1-7-13-5-8(16-7)6-14-10(15)9(12)11(2,3)4/h5,9H,6,12H2,1-4H3,(H,14,15). The minimum Gasteiger partial charge on any atom is -0.350 e. The van der Waals surface area contributed by atoms with Gasteiger partial charge in [0.1, 0.15) is 0 Å². The molecule has 4 nitrogen and oxygen atoms in total. The Morgan fingerprint density at radius 1 is 1.62 bits per heavy atom. The molecule has 0 saturated heterocycles. The predicted molar refractivity (Wildman–Crippen MR) is 66.1 cm³/mol. The van der Waals surface area contributed by atoms with Crippen LogP contribution < -0.4 is 11.1 Å². The highest BCUT2D eigenvalue weighted by Crippen LogP contribution is 2.17. The number of nitrogens with two attached hydrogens (primary N) is 1. The molecular weight excluding hydrogens is 222 g/mol. The lowest BCUT2D eigenvalue weighted by Crippen LogP contribution is -2.48. The molecule has 1 amide bonds. The number of aromatic nitrogens is 1. The van der Waals surface area contributed by atoms with Crippen molar-refractivity contribution in [3.05, 3.63) is 16.1 Å². The molecule has 0 spiro atoms. The SMILES string of the molecule is Cc1ncc(CNC(=O)C(N)C(C)(C)C)s1. The van der Waals surface area contributed by atoms with E-state index in [4.69, 9.17) is 5.73 Å². The van der Waals surface area contributed by atoms with Crippen LogP contribution in [0, 0.1) is 12.3 Å². The number of amides is 1. The van der Waals surface area contributed by atoms with E-state index in [9.17, 15) is 4.79 Å². The van der Waals surface area contributed by atoms with Crippen molar-refractivity contribution < 1.29 is 4.79 Å². The average Bonchev–Trinajstić information content (AvgIpc) is 2.58. The number of thiazole rings is 1. The van der Waals surface area contributed by atoms with E-state index >= 15 is 0 Å². The number of hydrogen-bond donors (Lipinski definition) is 2. The summed E-state index contributed by atoms with van der Waals surface area (Å²) in [7, 11) is 0. The van der Waals surface area contributed by atoms with Crippen molar-refractivity contribution in [2.24, 2.45) is 11.1 Å². The van der Waals surface area contributed by atoms with Crippen LogP contribution in [0.1, 0.15) is 30.7 Å². The molecule has 1 rings (SSSR count). The average molecular weight is 241 g/mol. The van der Waals surface area contributed by atoms with Gasteiger partial charge in [-0.25, -0.2) is 4.98 Å². The van der Waals surface area contributed by atoms with Crippen LogP contribution in [0.25, 0.3) is 0 Å². The summed E-state index contributed by atoms with van der Waals surface area (Å²) in [5, 5.41) is 3.83. The summed E-state index contributed by atoms with van der Waals surface area (Å²) >= 11 is 1.58. The summed E-state index contributed by atoms with van der Waals surface area (Å²) in [4.78, 5) is 16.9. The third kappa shape index (κ3) is 3.57. The van der Waals surface area contributed by atoms with E-state index in [-0.39, 0.29) is 11.3 Å². The number of carbonyl (C=O) groups excluding carboxylic acids is 1. The van der Waals surface area contributed by atoms with E-state index in [0.717, 1.165) is 9.88 Å². The zero-order valence-corrected chi connectivity index (χ0v) is 11.0. The first-order valence-electron chi connectivity index (χ1n) is 5.25. The summed E-state index contributed by atoms with van der Waals surface area (Å²) in [5.41, 5.74) is 5.62. The Morgan fingerprint density at radius 3 is 2.69 bits per heavy atom. The summed E-state index contributed by atoms with van der Waals surface area (Å²) < 4.78 is 0. The zero-order chi connectivity index (χ0) is 12.3. The minimum atomic E-state index is -0.485. The summed E-state index contributed by atoms with van der Waals surface area (Å²) in [6, 6.07) is -0.485. The first-order chi connectivity index (χ1) is 7.30. The van der Waals surface area contributed by atoms with Gasteiger partial charge in [0.05, 0.1) is 17.6 Å². The highest BCUT2D eigenvalue weighted by atomic mass is 32.1. The van der Waals surface area contributed by atoms with Crippen LogP contribution in [0.2, 0.25) is 0 Å². The molecule has 1 aromatic rings. The number of nitrogens with one attached hydrogen (secondary N) is 1. The van der Waals surface area contributed by atoms with Crippen LogP contribution in [-0.4, -0.2) is 16.9 Å². The monoisotopic (exact) mass is 241 g/mol. The summed E-state index contributed by atoms with van der Waals surface area (Å²) in [6.45, 7) is 8.31. The largest absolute Gasteiger partial charge is 0.350 e. The molecule has 0 bridgehead atoms. The van der Waals surface area contributed by atoms with Gasteiger partial charge in [0.25, 0.3) is 0 Å². The molecular formula is C11H19N3OS. The quantitative estimate of drug-likeness (QED) is 0.841. The second kappa shape index (κ2) is 4.93. The lowest BCUT2D eigenvalue weighted by molar-refractivity contribution is -0.124. The van der Waals surface area contributed by atoms with Crippen molar-refractivity contribution in [1.29, 1.82) is 0 Å². The molecule has 0 aliphatic heterocycles. The van der Waals surface area contributed by atoms with Gasteiger partial charge in [-0.2, -0.15) is 0 Å². The topological polar surface area (TPSA) is 68.0 Å². The summed E-state index contributed by atoms with van der Waals surface area (Å²) in [5.74, 6) is -0.112. The molecule has 5 heteroatoms. The van der Waals surface area contributed by atoms with Crippen LogP contribution in [0.4, 0.5) is 0 Å². The molecule has 1 heterocycles. The van der Waals surface area contributed by atoms with E-state index in [1.807, 2.05) is 27.7 Å². The third-order valence-electron chi connectivity index (χ3n) is 2.32. The van der Waals surface area contributed by atoms with Crippen LogP contribution in [0.15, 0.2) is 6.20 Å². The van der Waals surface area contributed by atoms with E-state index in [0.29, 0.717) is 6.54 Å². The number of carbonyl (C=O) groups is 1. The minimum absolute atomic E-state index is 0.112. The molecule has 1 aromatic heterocycles. The van der Waals surface area contributed by atoms with Gasteiger partial charge < -0.3 is 11.1 Å². The fourth-order valence-corrected chi connectivity index (χ4v) is 1.90. The number of aryl methyl sites for hydroxylation is 1. The fraction of sp³-hybridized carbons (Fsp3) is 0.636. The maximum absolute atomic E-state index is 11.7. The van der Waals surface area contributed by atoms with Gasteiger partial charge in [-0.05, 0) is 12.3 Å². The molecule has 0 radical (unpaired) electrons. The van der Waals surface area contributed by atoms with Gasteiger partial charge in [0.2, 0.25) is 5.91 Å². The molecule has 16 heavy (non-hydrogen) atoms. The molecule has 0 aliphatic carbocycles. The molecule has 0 aliphatic rings. The normalized spacial score (nSPS) is 13.6. The van der Waals surface area contributed by atoms with Crippen molar-refractivity contribution in [1.82, 2.24) is 10.3 Å². The smallest absolute Gasteiger partial charge is 0.237 e. The molecule has 3 N–H and O–H groups in total. The third-order valence-corrected chi connectivity index (χ3v) is 3.23. The number of hydrogen-bond acceptors (Lipinski definition) is 4. The zero-order valence-electron chi connectivity index (χ0n) is 10.2. The highest BCUT2D eigenvalue weighted by Gasteiger charge is 2.27. The van der Waals surface area contributed by atoms with Crippen molar-refractivity contribution in [2.45, 2.75) is 40.3 Å². The second-order valence-corrected chi connectivity index (χ2v) is 6.23. The van der Waals surface area contributed by atoms with Crippen LogP contribution in [0.3, 0.4) is 0 Å². The van der Waals surface area contributed by atoms with E-state index in [2.05, 4.69) is 10.3 Å². The molecule has 1 atom stereocenters. The Labute approximate surface area is 100 Å². The molecule has 0 saturated carbocycles. The highest BCUT2D eigenvalue weighted by molar-refractivity contribution is 7.11.